The Bertz CT molecular complexity index is 585. The molecular weight excluding hydrogens is 342 g/mol. The highest BCUT2D eigenvalue weighted by atomic mass is 16.5. The van der Waals surface area contributed by atoms with Crippen molar-refractivity contribution in [1.29, 1.82) is 0 Å². The predicted molar refractivity (Wildman–Crippen MR) is 93.7 cm³/mol. The van der Waals surface area contributed by atoms with Crippen molar-refractivity contribution in [2.75, 3.05) is 39.5 Å². The van der Waals surface area contributed by atoms with Gasteiger partial charge in [0.05, 0.1) is 25.4 Å². The predicted octanol–water partition coefficient (Wildman–Crippen LogP) is 1.54. The molecule has 0 aromatic heterocycles. The zero-order valence-electron chi connectivity index (χ0n) is 14.8. The number of carboxylic acids is 2. The minimum absolute atomic E-state index is 0.0499. The van der Waals surface area contributed by atoms with Crippen LogP contribution in [0, 0.1) is 0 Å². The van der Waals surface area contributed by atoms with Crippen LogP contribution < -0.4 is 4.74 Å². The maximum Gasteiger partial charge on any atom is 0.414 e. The lowest BCUT2D eigenvalue weighted by molar-refractivity contribution is -0.159. The summed E-state index contributed by atoms with van der Waals surface area (Å²) in [5.41, 5.74) is 0.667. The SMILES string of the molecule is CC(=O)c1ccccc1OCCCCN1CCOCC1.O=C(O)C(=O)O. The van der Waals surface area contributed by atoms with Crippen molar-refractivity contribution < 1.29 is 34.1 Å². The average Bonchev–Trinajstić information content (AvgIpc) is 2.63. The zero-order chi connectivity index (χ0) is 19.4. The van der Waals surface area contributed by atoms with Gasteiger partial charge in [-0.1, -0.05) is 12.1 Å². The molecule has 0 bridgehead atoms. The molecule has 1 aromatic rings. The monoisotopic (exact) mass is 367 g/mol. The van der Waals surface area contributed by atoms with Crippen LogP contribution in [0.2, 0.25) is 0 Å². The Balaban J connectivity index is 0.000000487. The van der Waals surface area contributed by atoms with Gasteiger partial charge in [-0.15, -0.1) is 0 Å². The quantitative estimate of drug-likeness (QED) is 0.424. The number of hydrogen-bond donors (Lipinski definition) is 2. The van der Waals surface area contributed by atoms with Gasteiger partial charge >= 0.3 is 11.9 Å². The molecule has 0 atom stereocenters. The molecule has 8 nitrogen and oxygen atoms in total. The summed E-state index contributed by atoms with van der Waals surface area (Å²) in [6, 6.07) is 7.43. The lowest BCUT2D eigenvalue weighted by Crippen LogP contribution is -2.36. The molecule has 144 valence electrons. The molecule has 1 aromatic carbocycles. The third-order valence-electron chi connectivity index (χ3n) is 3.68. The van der Waals surface area contributed by atoms with Gasteiger partial charge < -0.3 is 19.7 Å². The Hall–Kier alpha value is -2.45. The van der Waals surface area contributed by atoms with Crippen LogP contribution in [0.5, 0.6) is 5.75 Å². The van der Waals surface area contributed by atoms with Crippen molar-refractivity contribution in [3.8, 4) is 5.75 Å². The molecule has 1 saturated heterocycles. The second-order valence-corrected chi connectivity index (χ2v) is 5.67. The molecule has 1 aliphatic rings. The van der Waals surface area contributed by atoms with E-state index in [4.69, 9.17) is 29.3 Å². The number of ketones is 1. The van der Waals surface area contributed by atoms with E-state index < -0.39 is 11.9 Å². The molecule has 26 heavy (non-hydrogen) atoms. The normalized spacial score (nSPS) is 14.0. The third-order valence-corrected chi connectivity index (χ3v) is 3.68. The van der Waals surface area contributed by atoms with Gasteiger partial charge in [0.15, 0.2) is 5.78 Å². The van der Waals surface area contributed by atoms with Crippen molar-refractivity contribution in [3.05, 3.63) is 29.8 Å². The average molecular weight is 367 g/mol. The van der Waals surface area contributed by atoms with Crippen molar-refractivity contribution in [1.82, 2.24) is 4.90 Å². The van der Waals surface area contributed by atoms with E-state index in [1.807, 2.05) is 24.3 Å². The summed E-state index contributed by atoms with van der Waals surface area (Å²) in [5.74, 6) is -2.90. The van der Waals surface area contributed by atoms with E-state index in [-0.39, 0.29) is 5.78 Å². The molecule has 2 rings (SSSR count). The molecule has 0 unspecified atom stereocenters. The fourth-order valence-electron chi connectivity index (χ4n) is 2.33. The highest BCUT2D eigenvalue weighted by molar-refractivity contribution is 6.27. The topological polar surface area (TPSA) is 113 Å². The lowest BCUT2D eigenvalue weighted by Gasteiger charge is -2.26. The van der Waals surface area contributed by atoms with Crippen LogP contribution in [-0.2, 0) is 14.3 Å². The maximum absolute atomic E-state index is 11.5. The highest BCUT2D eigenvalue weighted by Gasteiger charge is 2.10. The summed E-state index contributed by atoms with van der Waals surface area (Å²) in [4.78, 5) is 32.1. The van der Waals surface area contributed by atoms with Gasteiger partial charge in [-0.25, -0.2) is 9.59 Å². The van der Waals surface area contributed by atoms with E-state index in [0.29, 0.717) is 17.9 Å². The molecule has 8 heteroatoms. The lowest BCUT2D eigenvalue weighted by atomic mass is 10.1. The standard InChI is InChI=1S/C16H23NO3.C2H2O4/c1-14(18)15-6-2-3-7-16(15)20-11-5-4-8-17-9-12-19-13-10-17;3-1(4)2(5)6/h2-3,6-7H,4-5,8-13H2,1H3;(H,3,4)(H,5,6). The van der Waals surface area contributed by atoms with Crippen LogP contribution in [0.15, 0.2) is 24.3 Å². The van der Waals surface area contributed by atoms with Gasteiger partial charge in [-0.2, -0.15) is 0 Å². The van der Waals surface area contributed by atoms with E-state index in [1.54, 1.807) is 6.92 Å². The highest BCUT2D eigenvalue weighted by Crippen LogP contribution is 2.18. The number of para-hydroxylation sites is 1. The minimum Gasteiger partial charge on any atom is -0.493 e. The summed E-state index contributed by atoms with van der Waals surface area (Å²) in [5, 5.41) is 14.8. The number of carbonyl (C=O) groups excluding carboxylic acids is 1. The van der Waals surface area contributed by atoms with Crippen molar-refractivity contribution >= 4 is 17.7 Å². The van der Waals surface area contributed by atoms with E-state index in [2.05, 4.69) is 4.90 Å². The number of nitrogens with zero attached hydrogens (tertiary/aromatic N) is 1. The molecule has 0 amide bonds. The number of carboxylic acid groups (broad SMARTS) is 2. The number of ether oxygens (including phenoxy) is 2. The molecule has 1 aliphatic heterocycles. The molecular formula is C18H25NO7. The van der Waals surface area contributed by atoms with E-state index in [1.165, 1.54) is 0 Å². The van der Waals surface area contributed by atoms with Crippen LogP contribution in [-0.4, -0.2) is 72.3 Å². The fraction of sp³-hybridized carbons (Fsp3) is 0.500. The molecule has 0 aliphatic carbocycles. The van der Waals surface area contributed by atoms with Crippen molar-refractivity contribution in [2.24, 2.45) is 0 Å². The Morgan fingerprint density at radius 1 is 1.08 bits per heavy atom. The van der Waals surface area contributed by atoms with Gasteiger partial charge in [-0.3, -0.25) is 9.69 Å². The summed E-state index contributed by atoms with van der Waals surface area (Å²) in [6.07, 6.45) is 2.12. The summed E-state index contributed by atoms with van der Waals surface area (Å²) < 4.78 is 11.0. The number of carbonyl (C=O) groups is 3. The first-order chi connectivity index (χ1) is 12.4. The van der Waals surface area contributed by atoms with E-state index in [0.717, 1.165) is 45.7 Å². The second-order valence-electron chi connectivity index (χ2n) is 5.67. The third kappa shape index (κ3) is 8.59. The molecule has 0 radical (unpaired) electrons. The number of rotatable bonds is 7. The zero-order valence-corrected chi connectivity index (χ0v) is 14.8. The number of aliphatic carboxylic acids is 2. The molecule has 1 fully saturated rings. The van der Waals surface area contributed by atoms with E-state index >= 15 is 0 Å². The molecule has 0 saturated carbocycles. The first-order valence-electron chi connectivity index (χ1n) is 8.41. The molecule has 0 spiro atoms. The second kappa shape index (κ2) is 12.0. The van der Waals surface area contributed by atoms with Gasteiger partial charge in [0, 0.05) is 13.1 Å². The van der Waals surface area contributed by atoms with Crippen LogP contribution >= 0.6 is 0 Å². The van der Waals surface area contributed by atoms with Crippen LogP contribution in [0.3, 0.4) is 0 Å². The first kappa shape index (κ1) is 21.6. The number of hydrogen-bond acceptors (Lipinski definition) is 6. The summed E-state index contributed by atoms with van der Waals surface area (Å²) in [6.45, 7) is 7.10. The molecule has 1 heterocycles. The fourth-order valence-corrected chi connectivity index (χ4v) is 2.33. The number of unbranched alkanes of at least 4 members (excludes halogenated alkanes) is 1. The Labute approximate surface area is 152 Å². The van der Waals surface area contributed by atoms with Gasteiger partial charge in [-0.05, 0) is 38.4 Å². The van der Waals surface area contributed by atoms with Crippen molar-refractivity contribution in [3.63, 3.8) is 0 Å². The maximum atomic E-state index is 11.5. The summed E-state index contributed by atoms with van der Waals surface area (Å²) >= 11 is 0. The first-order valence-corrected chi connectivity index (χ1v) is 8.41. The number of Topliss-reactive ketones (excluding diaryl/α,β-unsaturated/α-hetero) is 1. The van der Waals surface area contributed by atoms with Gasteiger partial charge in [0.2, 0.25) is 0 Å². The molecule has 2 N–H and O–H groups in total. The van der Waals surface area contributed by atoms with Gasteiger partial charge in [0.25, 0.3) is 0 Å². The van der Waals surface area contributed by atoms with Crippen molar-refractivity contribution in [2.45, 2.75) is 19.8 Å². The largest absolute Gasteiger partial charge is 0.493 e. The van der Waals surface area contributed by atoms with Crippen LogP contribution in [0.4, 0.5) is 0 Å². The Morgan fingerprint density at radius 2 is 1.69 bits per heavy atom. The smallest absolute Gasteiger partial charge is 0.414 e. The number of morpholine rings is 1. The summed E-state index contributed by atoms with van der Waals surface area (Å²) in [7, 11) is 0. The number of benzene rings is 1. The minimum atomic E-state index is -1.82. The van der Waals surface area contributed by atoms with E-state index in [9.17, 15) is 4.79 Å². The Kier molecular flexibility index (Phi) is 9.96. The van der Waals surface area contributed by atoms with Crippen LogP contribution in [0.25, 0.3) is 0 Å². The van der Waals surface area contributed by atoms with Crippen LogP contribution in [0.1, 0.15) is 30.1 Å². The Morgan fingerprint density at radius 3 is 2.27 bits per heavy atom. The van der Waals surface area contributed by atoms with Gasteiger partial charge in [0.1, 0.15) is 5.75 Å².